The van der Waals surface area contributed by atoms with Crippen molar-refractivity contribution in [1.29, 1.82) is 0 Å². The van der Waals surface area contributed by atoms with Gasteiger partial charge in [0, 0.05) is 18.6 Å². The highest BCUT2D eigenvalue weighted by Gasteiger charge is 2.53. The van der Waals surface area contributed by atoms with E-state index in [9.17, 15) is 0 Å². The highest BCUT2D eigenvalue weighted by Crippen LogP contribution is 2.32. The van der Waals surface area contributed by atoms with Gasteiger partial charge in [-0.2, -0.15) is 0 Å². The average molecular weight is 282 g/mol. The second kappa shape index (κ2) is 4.35. The Kier molecular flexibility index (Phi) is 3.28. The molecule has 0 aromatic carbocycles. The van der Waals surface area contributed by atoms with Gasteiger partial charge in [-0.15, -0.1) is 5.01 Å². The van der Waals surface area contributed by atoms with Crippen molar-refractivity contribution in [3.63, 3.8) is 0 Å². The minimum Gasteiger partial charge on any atom is -0.362 e. The maximum absolute atomic E-state index is 5.67. The Morgan fingerprint density at radius 1 is 1.20 bits per heavy atom. The normalized spacial score (nSPS) is 23.1. The summed E-state index contributed by atoms with van der Waals surface area (Å²) in [6, 6.07) is 0. The van der Waals surface area contributed by atoms with E-state index >= 15 is 0 Å². The lowest BCUT2D eigenvalue weighted by atomic mass is 9.87. The lowest BCUT2D eigenvalue weighted by Gasteiger charge is -2.54. The first kappa shape index (κ1) is 15.1. The molecule has 1 saturated heterocycles. The standard InChI is InChI=1S/C14H28N5O/c1-12(2,3)17-9-13(4,5)19(14(6,7)10-17)18-8-11(15)20-16-18/h8H,9-10,15H2,1-7H3/q+1. The first-order valence-electron chi connectivity index (χ1n) is 7.13. The van der Waals surface area contributed by atoms with Crippen LogP contribution in [0.1, 0.15) is 48.5 Å². The predicted octanol–water partition coefficient (Wildman–Crippen LogP) is 1.15. The molecule has 1 fully saturated rings. The molecule has 2 rings (SSSR count). The third-order valence-corrected chi connectivity index (χ3v) is 3.93. The van der Waals surface area contributed by atoms with Crippen molar-refractivity contribution < 1.29 is 9.31 Å². The number of nitrogens with two attached hydrogens (primary N) is 1. The number of anilines is 1. The SMILES string of the molecule is CC(C)(C)N1CC(C)(C)N([n+]2cc(N)on2)C(C)(C)C1. The topological polar surface area (TPSA) is 62.4 Å². The Balaban J connectivity index is 2.39. The first-order valence-corrected chi connectivity index (χ1v) is 7.13. The van der Waals surface area contributed by atoms with Gasteiger partial charge in [-0.3, -0.25) is 9.42 Å². The molecule has 114 valence electrons. The van der Waals surface area contributed by atoms with Gasteiger partial charge in [0.2, 0.25) is 5.27 Å². The zero-order chi connectivity index (χ0) is 15.3. The highest BCUT2D eigenvalue weighted by atomic mass is 16.5. The van der Waals surface area contributed by atoms with Crippen LogP contribution in [0.25, 0.3) is 0 Å². The fraction of sp³-hybridized carbons (Fsp3) is 0.857. The molecule has 1 aliphatic rings. The largest absolute Gasteiger partial charge is 0.362 e. The van der Waals surface area contributed by atoms with Gasteiger partial charge >= 0.3 is 0 Å². The second-order valence-corrected chi connectivity index (χ2v) is 7.99. The summed E-state index contributed by atoms with van der Waals surface area (Å²) >= 11 is 0. The van der Waals surface area contributed by atoms with E-state index in [1.54, 1.807) is 11.0 Å². The molecule has 0 amide bonds. The first-order chi connectivity index (χ1) is 8.93. The lowest BCUT2D eigenvalue weighted by Crippen LogP contribution is -2.82. The quantitative estimate of drug-likeness (QED) is 0.783. The monoisotopic (exact) mass is 282 g/mol. The summed E-state index contributed by atoms with van der Waals surface area (Å²) in [7, 11) is 0. The summed E-state index contributed by atoms with van der Waals surface area (Å²) in [5.74, 6) is 0.329. The minimum absolute atomic E-state index is 0.0803. The van der Waals surface area contributed by atoms with E-state index in [2.05, 4.69) is 63.6 Å². The van der Waals surface area contributed by atoms with E-state index in [1.807, 2.05) is 0 Å². The summed E-state index contributed by atoms with van der Waals surface area (Å²) < 4.78 is 5.03. The van der Waals surface area contributed by atoms with Crippen LogP contribution in [0.2, 0.25) is 0 Å². The molecule has 0 spiro atoms. The molecule has 6 nitrogen and oxygen atoms in total. The zero-order valence-corrected chi connectivity index (χ0v) is 13.8. The highest BCUT2D eigenvalue weighted by molar-refractivity contribution is 5.15. The molecule has 1 aromatic rings. The van der Waals surface area contributed by atoms with Crippen LogP contribution in [-0.2, 0) is 0 Å². The van der Waals surface area contributed by atoms with Crippen molar-refractivity contribution in [2.45, 2.75) is 65.1 Å². The summed E-state index contributed by atoms with van der Waals surface area (Å²) in [6.45, 7) is 17.6. The van der Waals surface area contributed by atoms with Gasteiger partial charge in [-0.1, -0.05) is 0 Å². The maximum Gasteiger partial charge on any atom is 0.296 e. The summed E-state index contributed by atoms with van der Waals surface area (Å²) in [4.78, 5) is 4.27. The van der Waals surface area contributed by atoms with Gasteiger partial charge in [0.05, 0.1) is 4.79 Å². The molecule has 2 heterocycles. The predicted molar refractivity (Wildman–Crippen MR) is 78.8 cm³/mol. The van der Waals surface area contributed by atoms with Gasteiger partial charge in [-0.05, 0) is 48.5 Å². The molecule has 0 bridgehead atoms. The molecule has 1 aromatic heterocycles. The van der Waals surface area contributed by atoms with E-state index < -0.39 is 0 Å². The molecular formula is C14H28N5O+. The third-order valence-electron chi connectivity index (χ3n) is 3.93. The number of rotatable bonds is 1. The lowest BCUT2D eigenvalue weighted by molar-refractivity contribution is -0.774. The number of hydrogen-bond acceptors (Lipinski definition) is 5. The van der Waals surface area contributed by atoms with E-state index in [1.165, 1.54) is 0 Å². The molecule has 6 heteroatoms. The second-order valence-electron chi connectivity index (χ2n) is 7.99. The molecule has 0 aliphatic carbocycles. The fourth-order valence-electron chi connectivity index (χ4n) is 3.32. The molecule has 0 unspecified atom stereocenters. The van der Waals surface area contributed by atoms with Crippen molar-refractivity contribution in [2.75, 3.05) is 23.8 Å². The molecule has 0 atom stereocenters. The van der Waals surface area contributed by atoms with Gasteiger partial charge in [0.15, 0.2) is 0 Å². The average Bonchev–Trinajstić information content (AvgIpc) is 2.59. The van der Waals surface area contributed by atoms with Gasteiger partial charge in [0.1, 0.15) is 11.1 Å². The van der Waals surface area contributed by atoms with E-state index in [4.69, 9.17) is 10.3 Å². The number of piperazine rings is 1. The molecule has 0 saturated carbocycles. The van der Waals surface area contributed by atoms with Crippen LogP contribution >= 0.6 is 0 Å². The van der Waals surface area contributed by atoms with Crippen molar-refractivity contribution in [3.8, 4) is 0 Å². The van der Waals surface area contributed by atoms with Gasteiger partial charge in [-0.25, -0.2) is 0 Å². The minimum atomic E-state index is -0.0803. The number of aromatic nitrogens is 2. The van der Waals surface area contributed by atoms with E-state index in [0.29, 0.717) is 5.88 Å². The summed E-state index contributed by atoms with van der Waals surface area (Å²) in [5, 5.41) is 6.29. The van der Waals surface area contributed by atoms with Crippen molar-refractivity contribution in [2.24, 2.45) is 0 Å². The van der Waals surface area contributed by atoms with Crippen LogP contribution in [0.3, 0.4) is 0 Å². The zero-order valence-electron chi connectivity index (χ0n) is 13.8. The molecule has 0 radical (unpaired) electrons. The smallest absolute Gasteiger partial charge is 0.296 e. The molecule has 1 aliphatic heterocycles. The maximum atomic E-state index is 5.67. The molecule has 2 N–H and O–H groups in total. The summed E-state index contributed by atoms with van der Waals surface area (Å²) in [5.41, 5.74) is 5.66. The fourth-order valence-corrected chi connectivity index (χ4v) is 3.32. The van der Waals surface area contributed by atoms with Crippen molar-refractivity contribution in [1.82, 2.24) is 10.2 Å². The molecular weight excluding hydrogens is 254 g/mol. The Bertz CT molecular complexity index is 468. The van der Waals surface area contributed by atoms with E-state index in [-0.39, 0.29) is 16.6 Å². The number of nitrogen functional groups attached to an aromatic ring is 1. The number of nitrogens with zero attached hydrogens (tertiary/aromatic N) is 4. The van der Waals surface area contributed by atoms with Gasteiger partial charge in [0.25, 0.3) is 12.1 Å². The van der Waals surface area contributed by atoms with Crippen LogP contribution in [-0.4, -0.2) is 39.9 Å². The van der Waals surface area contributed by atoms with Gasteiger partial charge < -0.3 is 5.73 Å². The van der Waals surface area contributed by atoms with E-state index in [0.717, 1.165) is 13.1 Å². The molecule has 20 heavy (non-hydrogen) atoms. The number of hydrogen-bond donors (Lipinski definition) is 1. The van der Waals surface area contributed by atoms with Crippen LogP contribution < -0.4 is 15.5 Å². The van der Waals surface area contributed by atoms with Crippen molar-refractivity contribution >= 4 is 5.88 Å². The van der Waals surface area contributed by atoms with Crippen molar-refractivity contribution in [3.05, 3.63) is 6.20 Å². The summed E-state index contributed by atoms with van der Waals surface area (Å²) in [6.07, 6.45) is 1.73. The Hall–Kier alpha value is -1.30. The van der Waals surface area contributed by atoms with Crippen LogP contribution in [0.15, 0.2) is 10.7 Å². The third kappa shape index (κ3) is 2.61. The van der Waals surface area contributed by atoms with Crippen LogP contribution in [0, 0.1) is 0 Å². The Morgan fingerprint density at radius 2 is 1.70 bits per heavy atom. The van der Waals surface area contributed by atoms with Crippen LogP contribution in [0.5, 0.6) is 0 Å². The van der Waals surface area contributed by atoms with Crippen LogP contribution in [0.4, 0.5) is 5.88 Å². The Morgan fingerprint density at radius 3 is 2.05 bits per heavy atom. The Labute approximate surface area is 121 Å².